The molecule has 0 bridgehead atoms. The normalized spacial score (nSPS) is 16.9. The molecule has 0 spiro atoms. The zero-order chi connectivity index (χ0) is 13.7. The van der Waals surface area contributed by atoms with Crippen molar-refractivity contribution in [2.24, 2.45) is 0 Å². The number of hydrogen-bond acceptors (Lipinski definition) is 3. The fourth-order valence-corrected chi connectivity index (χ4v) is 2.22. The summed E-state index contributed by atoms with van der Waals surface area (Å²) in [5, 5.41) is 6.22. The van der Waals surface area contributed by atoms with E-state index in [1.807, 2.05) is 0 Å². The first kappa shape index (κ1) is 14.2. The Morgan fingerprint density at radius 1 is 1.42 bits per heavy atom. The van der Waals surface area contributed by atoms with E-state index in [2.05, 4.69) is 15.5 Å². The Bertz CT molecular complexity index is 448. The van der Waals surface area contributed by atoms with Crippen molar-refractivity contribution in [3.8, 4) is 0 Å². The molecular weight excluding hydrogens is 269 g/mol. The van der Waals surface area contributed by atoms with Crippen molar-refractivity contribution in [2.75, 3.05) is 38.0 Å². The van der Waals surface area contributed by atoms with Crippen molar-refractivity contribution in [1.82, 2.24) is 10.2 Å². The molecule has 2 rings (SSSR count). The van der Waals surface area contributed by atoms with Crippen LogP contribution in [-0.2, 0) is 4.79 Å². The highest BCUT2D eigenvalue weighted by Gasteiger charge is 2.14. The lowest BCUT2D eigenvalue weighted by Crippen LogP contribution is -2.35. The number of carbonyl (C=O) groups is 1. The Morgan fingerprint density at radius 3 is 3.11 bits per heavy atom. The van der Waals surface area contributed by atoms with Crippen LogP contribution in [-0.4, -0.2) is 43.5 Å². The first-order valence-electron chi connectivity index (χ1n) is 6.33. The third-order valence-electron chi connectivity index (χ3n) is 3.00. The minimum atomic E-state index is -0.477. The predicted octanol–water partition coefficient (Wildman–Crippen LogP) is 1.71. The van der Waals surface area contributed by atoms with E-state index < -0.39 is 5.82 Å². The third-order valence-corrected chi connectivity index (χ3v) is 3.24. The van der Waals surface area contributed by atoms with Crippen LogP contribution in [0.15, 0.2) is 18.2 Å². The van der Waals surface area contributed by atoms with Gasteiger partial charge in [0.05, 0.1) is 12.2 Å². The largest absolute Gasteiger partial charge is 0.322 e. The standard InChI is InChI=1S/C13H17ClFN3O/c14-10-2-3-11(15)12(8-10)17-13(19)9-18-6-1-4-16-5-7-18/h2-3,8,16H,1,4-7,9H2,(H,17,19). The first-order chi connectivity index (χ1) is 9.15. The number of hydrogen-bond donors (Lipinski definition) is 2. The molecule has 0 aromatic heterocycles. The maximum absolute atomic E-state index is 13.5. The molecule has 0 unspecified atom stereocenters. The van der Waals surface area contributed by atoms with Gasteiger partial charge in [-0.15, -0.1) is 0 Å². The van der Waals surface area contributed by atoms with E-state index in [4.69, 9.17) is 11.6 Å². The number of halogens is 2. The van der Waals surface area contributed by atoms with E-state index in [-0.39, 0.29) is 18.1 Å². The summed E-state index contributed by atoms with van der Waals surface area (Å²) in [6.45, 7) is 3.82. The lowest BCUT2D eigenvalue weighted by atomic mass is 10.3. The summed E-state index contributed by atoms with van der Waals surface area (Å²) < 4.78 is 13.5. The molecule has 1 aliphatic heterocycles. The molecule has 104 valence electrons. The van der Waals surface area contributed by atoms with Gasteiger partial charge in [-0.3, -0.25) is 9.69 Å². The van der Waals surface area contributed by atoms with E-state index in [0.717, 1.165) is 32.6 Å². The Morgan fingerprint density at radius 2 is 2.26 bits per heavy atom. The molecule has 6 heteroatoms. The lowest BCUT2D eigenvalue weighted by Gasteiger charge is -2.18. The summed E-state index contributed by atoms with van der Waals surface area (Å²) in [4.78, 5) is 13.9. The van der Waals surface area contributed by atoms with Crippen LogP contribution in [0.5, 0.6) is 0 Å². The minimum absolute atomic E-state index is 0.130. The molecule has 1 aromatic carbocycles. The molecule has 0 aliphatic carbocycles. The molecule has 1 aliphatic rings. The van der Waals surface area contributed by atoms with Gasteiger partial charge in [0.25, 0.3) is 0 Å². The Balaban J connectivity index is 1.91. The quantitative estimate of drug-likeness (QED) is 0.889. The van der Waals surface area contributed by atoms with Crippen LogP contribution >= 0.6 is 11.6 Å². The summed E-state index contributed by atoms with van der Waals surface area (Å²) in [7, 11) is 0. The molecule has 1 heterocycles. The average molecular weight is 286 g/mol. The smallest absolute Gasteiger partial charge is 0.238 e. The Hall–Kier alpha value is -1.17. The summed E-state index contributed by atoms with van der Waals surface area (Å²) in [5.41, 5.74) is 0.130. The second kappa shape index (κ2) is 6.84. The van der Waals surface area contributed by atoms with Crippen LogP contribution < -0.4 is 10.6 Å². The fraction of sp³-hybridized carbons (Fsp3) is 0.462. The number of benzene rings is 1. The molecule has 2 N–H and O–H groups in total. The van der Waals surface area contributed by atoms with Gasteiger partial charge < -0.3 is 10.6 Å². The van der Waals surface area contributed by atoms with Gasteiger partial charge >= 0.3 is 0 Å². The van der Waals surface area contributed by atoms with Crippen molar-refractivity contribution >= 4 is 23.2 Å². The highest BCUT2D eigenvalue weighted by molar-refractivity contribution is 6.30. The topological polar surface area (TPSA) is 44.4 Å². The molecular formula is C13H17ClFN3O. The zero-order valence-electron chi connectivity index (χ0n) is 10.6. The summed E-state index contributed by atoms with van der Waals surface area (Å²) >= 11 is 5.78. The van der Waals surface area contributed by atoms with Gasteiger partial charge in [-0.2, -0.15) is 0 Å². The average Bonchev–Trinajstić information content (AvgIpc) is 2.62. The number of nitrogens with one attached hydrogen (secondary N) is 2. The van der Waals surface area contributed by atoms with Crippen LogP contribution in [0.1, 0.15) is 6.42 Å². The molecule has 0 atom stereocenters. The van der Waals surface area contributed by atoms with Gasteiger partial charge in [0.2, 0.25) is 5.91 Å². The highest BCUT2D eigenvalue weighted by Crippen LogP contribution is 2.19. The summed E-state index contributed by atoms with van der Waals surface area (Å²) in [6, 6.07) is 4.11. The van der Waals surface area contributed by atoms with Gasteiger partial charge in [-0.05, 0) is 37.7 Å². The number of amides is 1. The SMILES string of the molecule is O=C(CN1CCCNCC1)Nc1cc(Cl)ccc1F. The van der Waals surface area contributed by atoms with Crippen molar-refractivity contribution in [3.63, 3.8) is 0 Å². The molecule has 1 aromatic rings. The van der Waals surface area contributed by atoms with E-state index in [1.165, 1.54) is 18.2 Å². The van der Waals surface area contributed by atoms with Crippen molar-refractivity contribution < 1.29 is 9.18 Å². The Labute approximate surface area is 116 Å². The number of anilines is 1. The van der Waals surface area contributed by atoms with E-state index >= 15 is 0 Å². The van der Waals surface area contributed by atoms with Gasteiger partial charge in [0, 0.05) is 18.1 Å². The van der Waals surface area contributed by atoms with Crippen LogP contribution in [0, 0.1) is 5.82 Å². The molecule has 0 saturated carbocycles. The summed E-state index contributed by atoms with van der Waals surface area (Å²) in [6.07, 6.45) is 1.01. The minimum Gasteiger partial charge on any atom is -0.322 e. The molecule has 1 saturated heterocycles. The fourth-order valence-electron chi connectivity index (χ4n) is 2.05. The Kier molecular flexibility index (Phi) is 5.13. The van der Waals surface area contributed by atoms with Crippen molar-refractivity contribution in [2.45, 2.75) is 6.42 Å². The molecule has 4 nitrogen and oxygen atoms in total. The van der Waals surface area contributed by atoms with Gasteiger partial charge in [-0.25, -0.2) is 4.39 Å². The zero-order valence-corrected chi connectivity index (χ0v) is 11.3. The molecule has 19 heavy (non-hydrogen) atoms. The first-order valence-corrected chi connectivity index (χ1v) is 6.71. The highest BCUT2D eigenvalue weighted by atomic mass is 35.5. The second-order valence-electron chi connectivity index (χ2n) is 4.55. The molecule has 0 radical (unpaired) electrons. The van der Waals surface area contributed by atoms with Gasteiger partial charge in [0.1, 0.15) is 5.82 Å². The van der Waals surface area contributed by atoms with Gasteiger partial charge in [0.15, 0.2) is 0 Å². The van der Waals surface area contributed by atoms with Gasteiger partial charge in [-0.1, -0.05) is 11.6 Å². The third kappa shape index (κ3) is 4.45. The van der Waals surface area contributed by atoms with Crippen molar-refractivity contribution in [1.29, 1.82) is 0 Å². The van der Waals surface area contributed by atoms with Crippen LogP contribution in [0.25, 0.3) is 0 Å². The lowest BCUT2D eigenvalue weighted by molar-refractivity contribution is -0.117. The van der Waals surface area contributed by atoms with E-state index in [1.54, 1.807) is 0 Å². The maximum Gasteiger partial charge on any atom is 0.238 e. The number of nitrogens with zero attached hydrogens (tertiary/aromatic N) is 1. The predicted molar refractivity (Wildman–Crippen MR) is 74.0 cm³/mol. The van der Waals surface area contributed by atoms with E-state index in [9.17, 15) is 9.18 Å². The number of rotatable bonds is 3. The van der Waals surface area contributed by atoms with Crippen LogP contribution in [0.4, 0.5) is 10.1 Å². The van der Waals surface area contributed by atoms with Crippen LogP contribution in [0.2, 0.25) is 5.02 Å². The van der Waals surface area contributed by atoms with Crippen molar-refractivity contribution in [3.05, 3.63) is 29.0 Å². The van der Waals surface area contributed by atoms with Crippen LogP contribution in [0.3, 0.4) is 0 Å². The number of carbonyl (C=O) groups excluding carboxylic acids is 1. The molecule has 1 fully saturated rings. The maximum atomic E-state index is 13.5. The van der Waals surface area contributed by atoms with E-state index in [0.29, 0.717) is 5.02 Å². The second-order valence-corrected chi connectivity index (χ2v) is 4.99. The monoisotopic (exact) mass is 285 g/mol. The molecule has 1 amide bonds. The summed E-state index contributed by atoms with van der Waals surface area (Å²) in [5.74, 6) is -0.696.